The van der Waals surface area contributed by atoms with E-state index < -0.39 is 17.5 Å². The van der Waals surface area contributed by atoms with Gasteiger partial charge in [0.2, 0.25) is 18.0 Å². The van der Waals surface area contributed by atoms with Gasteiger partial charge in [0, 0.05) is 41.3 Å². The summed E-state index contributed by atoms with van der Waals surface area (Å²) >= 11 is 27.4. The predicted molar refractivity (Wildman–Crippen MR) is 182 cm³/mol. The average molecular weight is 1050 g/mol. The Balaban J connectivity index is 1.62. The van der Waals surface area contributed by atoms with Crippen LogP contribution in [0.15, 0.2) is 77.4 Å². The van der Waals surface area contributed by atoms with Crippen molar-refractivity contribution in [3.8, 4) is 0 Å². The molecule has 0 spiro atoms. The van der Waals surface area contributed by atoms with Crippen molar-refractivity contribution < 1.29 is 19.2 Å². The summed E-state index contributed by atoms with van der Waals surface area (Å²) in [7, 11) is 0. The van der Waals surface area contributed by atoms with Gasteiger partial charge >= 0.3 is 0 Å². The van der Waals surface area contributed by atoms with Crippen molar-refractivity contribution in [2.24, 2.45) is 0 Å². The van der Waals surface area contributed by atoms with Gasteiger partial charge in [-0.25, -0.2) is 4.90 Å². The van der Waals surface area contributed by atoms with E-state index >= 15 is 0 Å². The number of fused-ring (bicyclic) bond motifs is 2. The summed E-state index contributed by atoms with van der Waals surface area (Å²) < 4.78 is 4.41. The smallest absolute Gasteiger partial charge is 0.266 e. The Morgan fingerprint density at radius 1 is 0.750 bits per heavy atom. The molecular formula is C26H8Br8N2O4. The van der Waals surface area contributed by atoms with E-state index in [0.29, 0.717) is 53.4 Å². The zero-order chi connectivity index (χ0) is 29.2. The molecule has 0 saturated heterocycles. The van der Waals surface area contributed by atoms with Gasteiger partial charge in [-0.15, -0.1) is 0 Å². The molecule has 1 heterocycles. The first-order valence-corrected chi connectivity index (χ1v) is 17.1. The number of benzene rings is 3. The van der Waals surface area contributed by atoms with Gasteiger partial charge in [-0.3, -0.25) is 19.2 Å². The summed E-state index contributed by atoms with van der Waals surface area (Å²) in [4.78, 5) is 54.1. The monoisotopic (exact) mass is 1040 g/mol. The zero-order valence-corrected chi connectivity index (χ0v) is 31.8. The fraction of sp³-hybridized carbons (Fsp3) is 0. The fourth-order valence-electron chi connectivity index (χ4n) is 4.26. The number of hydrogen-bond donors (Lipinski definition) is 1. The molecule has 0 bridgehead atoms. The number of Topliss-reactive ketones (excluding diaryl/α,β-unsaturated/α-hetero) is 2. The lowest BCUT2D eigenvalue weighted by Crippen LogP contribution is -2.31. The molecule has 6 nitrogen and oxygen atoms in total. The van der Waals surface area contributed by atoms with E-state index in [0.717, 1.165) is 4.90 Å². The second-order valence-electron chi connectivity index (χ2n) is 8.28. The highest BCUT2D eigenvalue weighted by molar-refractivity contribution is 9.15. The number of hydrogen-bond acceptors (Lipinski definition) is 5. The molecule has 0 atom stereocenters. The number of nitrogens with zero attached hydrogens (tertiary/aromatic N) is 1. The van der Waals surface area contributed by atoms with Gasteiger partial charge in [0.25, 0.3) is 5.91 Å². The summed E-state index contributed by atoms with van der Waals surface area (Å²) in [6, 6.07) is 6.68. The number of carbonyl (C=O) groups is 4. The first-order chi connectivity index (χ1) is 18.9. The summed E-state index contributed by atoms with van der Waals surface area (Å²) in [5.41, 5.74) is 2.13. The molecule has 1 aliphatic heterocycles. The second kappa shape index (κ2) is 11.7. The van der Waals surface area contributed by atoms with E-state index in [1.807, 2.05) is 0 Å². The van der Waals surface area contributed by atoms with E-state index in [4.69, 9.17) is 0 Å². The molecule has 5 rings (SSSR count). The van der Waals surface area contributed by atoms with Crippen LogP contribution in [0.4, 0.5) is 11.4 Å². The molecule has 1 aliphatic carbocycles. The molecule has 14 heteroatoms. The van der Waals surface area contributed by atoms with Crippen molar-refractivity contribution in [2.75, 3.05) is 10.2 Å². The summed E-state index contributed by atoms with van der Waals surface area (Å²) in [6.07, 6.45) is 3.76. The zero-order valence-electron chi connectivity index (χ0n) is 19.1. The van der Waals surface area contributed by atoms with Crippen molar-refractivity contribution in [3.05, 3.63) is 99.6 Å². The Labute approximate surface area is 294 Å². The molecule has 2 amide bonds. The Kier molecular flexibility index (Phi) is 9.01. The number of amides is 2. The van der Waals surface area contributed by atoms with E-state index in [2.05, 4.69) is 133 Å². The van der Waals surface area contributed by atoms with Crippen molar-refractivity contribution in [1.82, 2.24) is 0 Å². The van der Waals surface area contributed by atoms with Crippen LogP contribution in [0.5, 0.6) is 0 Å². The first kappa shape index (κ1) is 30.7. The topological polar surface area (TPSA) is 83.6 Å². The minimum Gasteiger partial charge on any atom is -0.353 e. The van der Waals surface area contributed by atoms with Gasteiger partial charge in [0.15, 0.2) is 0 Å². The van der Waals surface area contributed by atoms with Crippen LogP contribution >= 0.6 is 127 Å². The molecule has 1 N–H and O–H groups in total. The number of nitrogens with one attached hydrogen (secondary N) is 1. The Morgan fingerprint density at radius 3 is 1.90 bits per heavy atom. The Morgan fingerprint density at radius 2 is 1.32 bits per heavy atom. The molecular weight excluding hydrogens is 1040 g/mol. The van der Waals surface area contributed by atoms with E-state index in [1.165, 1.54) is 0 Å². The third kappa shape index (κ3) is 4.87. The maximum Gasteiger partial charge on any atom is 0.266 e. The minimum absolute atomic E-state index is 0.0643. The quantitative estimate of drug-likeness (QED) is 0.0929. The standard InChI is InChI=1S/C26H8Br8N2O4/c27-10-6-9(16(28)20(32)17(10)29)26(40)36(7-37)12-3-1-2-8-4-5-11(35-23(8)12)13-24(38)14-15(25(13)39)19(31)22(34)21(33)18(14)30/h1-7,35H. The molecule has 0 saturated carbocycles. The summed E-state index contributed by atoms with van der Waals surface area (Å²) in [5, 5.41) is 3.15. The molecule has 0 aromatic heterocycles. The summed E-state index contributed by atoms with van der Waals surface area (Å²) in [6.45, 7) is 0. The number of rotatable bonds is 3. The van der Waals surface area contributed by atoms with Crippen molar-refractivity contribution >= 4 is 169 Å². The molecule has 40 heavy (non-hydrogen) atoms. The normalized spacial score (nSPS) is 13.8. The molecule has 3 aromatic rings. The Hall–Kier alpha value is -0.740. The van der Waals surface area contributed by atoms with Gasteiger partial charge in [-0.2, -0.15) is 0 Å². The number of carbonyl (C=O) groups excluding carboxylic acids is 4. The highest BCUT2D eigenvalue weighted by atomic mass is 79.9. The van der Waals surface area contributed by atoms with Crippen LogP contribution in [0, 0.1) is 0 Å². The molecule has 202 valence electrons. The highest BCUT2D eigenvalue weighted by Crippen LogP contribution is 2.48. The van der Waals surface area contributed by atoms with Gasteiger partial charge in [-0.05, 0) is 146 Å². The highest BCUT2D eigenvalue weighted by Gasteiger charge is 2.41. The molecule has 3 aromatic carbocycles. The second-order valence-corrected chi connectivity index (χ2v) is 14.7. The van der Waals surface area contributed by atoms with E-state index in [1.54, 1.807) is 36.4 Å². The molecule has 2 aliphatic rings. The van der Waals surface area contributed by atoms with Gasteiger partial charge in [0.1, 0.15) is 0 Å². The summed E-state index contributed by atoms with van der Waals surface area (Å²) in [5.74, 6) is -1.53. The fourth-order valence-corrected chi connectivity index (χ4v) is 8.92. The molecule has 0 unspecified atom stereocenters. The minimum atomic E-state index is -0.599. The van der Waals surface area contributed by atoms with Crippen LogP contribution in [0.2, 0.25) is 0 Å². The van der Waals surface area contributed by atoms with Gasteiger partial charge in [0.05, 0.1) is 39.3 Å². The SMILES string of the molecule is O=CN(C(=O)c1cc(Br)c(Br)c(Br)c1Br)c1cccc2c1NC(=C1C(=O)c3c(Br)c(Br)c(Br)c(Br)c3C1=O)C=C2. The lowest BCUT2D eigenvalue weighted by Gasteiger charge is -2.25. The molecule has 0 fully saturated rings. The maximum atomic E-state index is 13.7. The van der Waals surface area contributed by atoms with Gasteiger partial charge < -0.3 is 5.32 Å². The van der Waals surface area contributed by atoms with E-state index in [-0.39, 0.29) is 33.6 Å². The largest absolute Gasteiger partial charge is 0.353 e. The van der Waals surface area contributed by atoms with Crippen LogP contribution < -0.4 is 10.2 Å². The number of para-hydroxylation sites is 1. The molecule has 0 radical (unpaired) electrons. The van der Waals surface area contributed by atoms with Crippen LogP contribution in [0.3, 0.4) is 0 Å². The predicted octanol–water partition coefficient (Wildman–Crippen LogP) is 10.4. The first-order valence-electron chi connectivity index (χ1n) is 10.8. The number of ketones is 2. The number of allylic oxidation sites excluding steroid dienone is 2. The third-order valence-electron chi connectivity index (χ3n) is 6.13. The average Bonchev–Trinajstić information content (AvgIpc) is 3.21. The maximum absolute atomic E-state index is 13.7. The lowest BCUT2D eigenvalue weighted by molar-refractivity contribution is -0.106. The van der Waals surface area contributed by atoms with Crippen LogP contribution in [-0.4, -0.2) is 23.9 Å². The van der Waals surface area contributed by atoms with Crippen LogP contribution in [-0.2, 0) is 4.79 Å². The lowest BCUT2D eigenvalue weighted by atomic mass is 10.0. The number of anilines is 2. The number of halogens is 8. The third-order valence-corrected chi connectivity index (χ3v) is 15.6. The van der Waals surface area contributed by atoms with E-state index in [9.17, 15) is 19.2 Å². The van der Waals surface area contributed by atoms with Crippen molar-refractivity contribution in [3.63, 3.8) is 0 Å². The van der Waals surface area contributed by atoms with Gasteiger partial charge in [-0.1, -0.05) is 18.2 Å². The number of imide groups is 1. The Bertz CT molecular complexity index is 1750. The van der Waals surface area contributed by atoms with Crippen molar-refractivity contribution in [2.45, 2.75) is 0 Å². The van der Waals surface area contributed by atoms with Crippen LogP contribution in [0.1, 0.15) is 36.6 Å². The van der Waals surface area contributed by atoms with Crippen LogP contribution in [0.25, 0.3) is 6.08 Å². The van der Waals surface area contributed by atoms with Crippen molar-refractivity contribution in [1.29, 1.82) is 0 Å².